The highest BCUT2D eigenvalue weighted by atomic mass is 32.2. The molecule has 0 rings (SSSR count). The van der Waals surface area contributed by atoms with Gasteiger partial charge < -0.3 is 15.0 Å². The van der Waals surface area contributed by atoms with Crippen LogP contribution in [0, 0.1) is 0 Å². The van der Waals surface area contributed by atoms with E-state index in [-0.39, 0.29) is 6.42 Å². The van der Waals surface area contributed by atoms with E-state index in [0.717, 1.165) is 0 Å². The normalized spacial score (nSPS) is 13.1. The predicted molar refractivity (Wildman–Crippen MR) is 34.0 cm³/mol. The maximum atomic E-state index is 9.83. The Bertz CT molecular complexity index is 94.2. The van der Waals surface area contributed by atoms with Crippen molar-refractivity contribution in [1.82, 2.24) is 0 Å². The van der Waals surface area contributed by atoms with Crippen LogP contribution in [0.4, 0.5) is 0 Å². The molecule has 0 spiro atoms. The number of thioether (sulfide) groups is 1. The molecule has 0 saturated heterocycles. The Morgan fingerprint density at radius 2 is 2.44 bits per heavy atom. The van der Waals surface area contributed by atoms with E-state index in [2.05, 4.69) is 0 Å². The predicted octanol–water partition coefficient (Wildman–Crippen LogP) is -1.15. The molecule has 0 saturated carbocycles. The molecule has 54 valence electrons. The first kappa shape index (κ1) is 8.78. The first-order valence-electron chi connectivity index (χ1n) is 2.56. The Morgan fingerprint density at radius 1 is 1.89 bits per heavy atom. The van der Waals surface area contributed by atoms with Crippen molar-refractivity contribution >= 4 is 17.7 Å². The first-order valence-corrected chi connectivity index (χ1v) is 3.95. The molecule has 0 aromatic rings. The molecule has 0 aromatic heterocycles. The van der Waals surface area contributed by atoms with Gasteiger partial charge in [0.15, 0.2) is 0 Å². The fourth-order valence-electron chi connectivity index (χ4n) is 0.347. The largest absolute Gasteiger partial charge is 0.547 e. The van der Waals surface area contributed by atoms with Gasteiger partial charge in [-0.2, -0.15) is 11.8 Å². The minimum atomic E-state index is -1.39. The second-order valence-corrected chi connectivity index (χ2v) is 2.60. The molecule has 1 atom stereocenters. The molecule has 0 heterocycles. The van der Waals surface area contributed by atoms with Crippen molar-refractivity contribution in [2.45, 2.75) is 12.5 Å². The number of hydrogen-bond donors (Lipinski definition) is 1. The summed E-state index contributed by atoms with van der Waals surface area (Å²) in [5.74, 6) is -0.737. The third-order valence-electron chi connectivity index (χ3n) is 0.867. The van der Waals surface area contributed by atoms with Gasteiger partial charge >= 0.3 is 0 Å². The number of hydrogen-bond acceptors (Lipinski definition) is 4. The molecule has 1 N–H and O–H groups in total. The summed E-state index contributed by atoms with van der Waals surface area (Å²) < 4.78 is 0. The van der Waals surface area contributed by atoms with Crippen molar-refractivity contribution in [2.75, 3.05) is 12.0 Å². The third kappa shape index (κ3) is 4.29. The summed E-state index contributed by atoms with van der Waals surface area (Å²) in [6, 6.07) is 0. The van der Waals surface area contributed by atoms with Gasteiger partial charge in [0.1, 0.15) is 0 Å². The number of carbonyl (C=O) groups excluding carboxylic acids is 1. The number of carboxylic acids is 1. The zero-order valence-corrected chi connectivity index (χ0v) is 5.98. The van der Waals surface area contributed by atoms with Gasteiger partial charge in [0.05, 0.1) is 12.1 Å². The highest BCUT2D eigenvalue weighted by molar-refractivity contribution is 7.98. The van der Waals surface area contributed by atoms with Crippen molar-refractivity contribution in [2.24, 2.45) is 0 Å². The topological polar surface area (TPSA) is 60.4 Å². The molecule has 0 fully saturated rings. The van der Waals surface area contributed by atoms with Crippen molar-refractivity contribution in [3.05, 3.63) is 0 Å². The highest BCUT2D eigenvalue weighted by Gasteiger charge is 2.01. The van der Waals surface area contributed by atoms with E-state index in [0.29, 0.717) is 5.75 Å². The van der Waals surface area contributed by atoms with Gasteiger partial charge in [0.2, 0.25) is 0 Å². The Labute approximate surface area is 58.1 Å². The molecule has 0 bridgehead atoms. The number of aliphatic hydroxyl groups excluding tert-OH is 1. The van der Waals surface area contributed by atoms with Crippen LogP contribution in [0.25, 0.3) is 0 Å². The lowest BCUT2D eigenvalue weighted by Gasteiger charge is -2.08. The van der Waals surface area contributed by atoms with E-state index in [4.69, 9.17) is 5.11 Å². The fraction of sp³-hybridized carbons (Fsp3) is 0.800. The molecule has 3 nitrogen and oxygen atoms in total. The lowest BCUT2D eigenvalue weighted by Crippen LogP contribution is -2.35. The number of aliphatic hydroxyl groups is 1. The Morgan fingerprint density at radius 3 is 2.78 bits per heavy atom. The summed E-state index contributed by atoms with van der Waals surface area (Å²) in [5, 5.41) is 18.4. The van der Waals surface area contributed by atoms with Gasteiger partial charge in [-0.05, 0) is 18.4 Å². The van der Waals surface area contributed by atoms with E-state index >= 15 is 0 Å². The van der Waals surface area contributed by atoms with Crippen LogP contribution in [0.1, 0.15) is 6.42 Å². The number of carboxylic acid groups (broad SMARTS) is 1. The van der Waals surface area contributed by atoms with Crippen LogP contribution < -0.4 is 5.11 Å². The van der Waals surface area contributed by atoms with Crippen LogP contribution in [0.3, 0.4) is 0 Å². The SMILES string of the molecule is CSCC[C@@H](O)C(=O)[O-]. The summed E-state index contributed by atoms with van der Waals surface area (Å²) in [5.41, 5.74) is 0. The Hall–Kier alpha value is -0.220. The molecule has 0 aliphatic rings. The molecule has 0 radical (unpaired) electrons. The van der Waals surface area contributed by atoms with Gasteiger partial charge in [0.25, 0.3) is 0 Å². The molecule has 0 aromatic carbocycles. The molecule has 0 amide bonds. The van der Waals surface area contributed by atoms with Crippen molar-refractivity contribution in [3.63, 3.8) is 0 Å². The van der Waals surface area contributed by atoms with Crippen LogP contribution in [0.2, 0.25) is 0 Å². The molecule has 0 aliphatic heterocycles. The first-order chi connectivity index (χ1) is 4.18. The van der Waals surface area contributed by atoms with Gasteiger partial charge in [-0.3, -0.25) is 0 Å². The average molecular weight is 149 g/mol. The van der Waals surface area contributed by atoms with Gasteiger partial charge in [0, 0.05) is 0 Å². The number of rotatable bonds is 4. The average Bonchev–Trinajstić information content (AvgIpc) is 1.82. The maximum Gasteiger partial charge on any atom is 0.0941 e. The van der Waals surface area contributed by atoms with Crippen LogP contribution in [-0.2, 0) is 4.79 Å². The molecular formula is C5H9O3S-. The molecular weight excluding hydrogens is 140 g/mol. The molecule has 0 aliphatic carbocycles. The quantitative estimate of drug-likeness (QED) is 0.548. The fourth-order valence-corrected chi connectivity index (χ4v) is 0.806. The summed E-state index contributed by atoms with van der Waals surface area (Å²) >= 11 is 1.50. The minimum Gasteiger partial charge on any atom is -0.547 e. The lowest BCUT2D eigenvalue weighted by atomic mass is 10.3. The van der Waals surface area contributed by atoms with Crippen molar-refractivity contribution in [3.8, 4) is 0 Å². The number of aliphatic carboxylic acids is 1. The summed E-state index contributed by atoms with van der Waals surface area (Å²) in [4.78, 5) is 9.83. The van der Waals surface area contributed by atoms with Crippen LogP contribution in [0.15, 0.2) is 0 Å². The summed E-state index contributed by atoms with van der Waals surface area (Å²) in [7, 11) is 0. The lowest BCUT2D eigenvalue weighted by molar-refractivity contribution is -0.315. The number of carbonyl (C=O) groups is 1. The van der Waals surface area contributed by atoms with E-state index in [1.807, 2.05) is 6.26 Å². The van der Waals surface area contributed by atoms with E-state index in [9.17, 15) is 9.90 Å². The maximum absolute atomic E-state index is 9.83. The second kappa shape index (κ2) is 4.64. The van der Waals surface area contributed by atoms with Crippen molar-refractivity contribution < 1.29 is 15.0 Å². The van der Waals surface area contributed by atoms with Gasteiger partial charge in [-0.1, -0.05) is 0 Å². The molecule has 4 heteroatoms. The molecule has 0 unspecified atom stereocenters. The minimum absolute atomic E-state index is 0.267. The monoisotopic (exact) mass is 149 g/mol. The van der Waals surface area contributed by atoms with Crippen LogP contribution in [0.5, 0.6) is 0 Å². The Balaban J connectivity index is 3.27. The van der Waals surface area contributed by atoms with Crippen LogP contribution in [-0.4, -0.2) is 29.2 Å². The van der Waals surface area contributed by atoms with Gasteiger partial charge in [-0.25, -0.2) is 0 Å². The molecule has 9 heavy (non-hydrogen) atoms. The zero-order valence-electron chi connectivity index (χ0n) is 5.16. The zero-order chi connectivity index (χ0) is 7.28. The third-order valence-corrected chi connectivity index (χ3v) is 1.51. The van der Waals surface area contributed by atoms with E-state index < -0.39 is 12.1 Å². The smallest absolute Gasteiger partial charge is 0.0941 e. The second-order valence-electron chi connectivity index (χ2n) is 1.62. The summed E-state index contributed by atoms with van der Waals surface area (Å²) in [6.07, 6.45) is 0.823. The van der Waals surface area contributed by atoms with E-state index in [1.54, 1.807) is 0 Å². The highest BCUT2D eigenvalue weighted by Crippen LogP contribution is 1.98. The standard InChI is InChI=1S/C5H10O3S/c1-9-3-2-4(6)5(7)8/h4,6H,2-3H2,1H3,(H,7,8)/p-1/t4-/m1/s1. The Kier molecular flexibility index (Phi) is 4.53. The van der Waals surface area contributed by atoms with E-state index in [1.165, 1.54) is 11.8 Å². The van der Waals surface area contributed by atoms with Gasteiger partial charge in [-0.15, -0.1) is 0 Å². The van der Waals surface area contributed by atoms with Crippen molar-refractivity contribution in [1.29, 1.82) is 0 Å². The summed E-state index contributed by atoms with van der Waals surface area (Å²) in [6.45, 7) is 0. The van der Waals surface area contributed by atoms with Crippen LogP contribution >= 0.6 is 11.8 Å².